The van der Waals surface area contributed by atoms with E-state index in [2.05, 4.69) is 50.9 Å². The second kappa shape index (κ2) is 12.6. The van der Waals surface area contributed by atoms with Crippen LogP contribution in [0.25, 0.3) is 0 Å². The maximum atomic E-state index is 10.6. The Morgan fingerprint density at radius 2 is 1.38 bits per heavy atom. The number of likely N-dealkylation sites (tertiary alicyclic amines) is 2. The highest BCUT2D eigenvalue weighted by molar-refractivity contribution is 7.07. The van der Waals surface area contributed by atoms with Crippen LogP contribution in [-0.2, 0) is 22.7 Å². The van der Waals surface area contributed by atoms with Crippen molar-refractivity contribution in [2.45, 2.75) is 31.9 Å². The van der Waals surface area contributed by atoms with Crippen LogP contribution in [0.4, 0.5) is 26.3 Å². The number of carboxylic acid groups (broad SMARTS) is 2. The zero-order chi connectivity index (χ0) is 27.9. The third-order valence-electron chi connectivity index (χ3n) is 5.67. The molecule has 0 aliphatic carbocycles. The van der Waals surface area contributed by atoms with Crippen LogP contribution in [0.3, 0.4) is 0 Å². The van der Waals surface area contributed by atoms with Crippen LogP contribution in [0.1, 0.15) is 17.5 Å². The minimum atomic E-state index is -5.08. The third kappa shape index (κ3) is 9.85. The van der Waals surface area contributed by atoms with Crippen molar-refractivity contribution in [1.29, 1.82) is 0 Å². The lowest BCUT2D eigenvalue weighted by Gasteiger charge is -2.48. The van der Waals surface area contributed by atoms with Crippen molar-refractivity contribution >= 4 is 23.3 Å². The van der Waals surface area contributed by atoms with Crippen LogP contribution < -0.4 is 4.74 Å². The number of ether oxygens (including phenoxy) is 1. The summed E-state index contributed by atoms with van der Waals surface area (Å²) in [6, 6.07) is 10.7. The normalized spacial score (nSPS) is 17.2. The average molecular weight is 557 g/mol. The number of thiophene rings is 1. The maximum absolute atomic E-state index is 10.6. The fourth-order valence-corrected chi connectivity index (χ4v) is 4.72. The molecule has 2 N–H and O–H groups in total. The van der Waals surface area contributed by atoms with E-state index in [-0.39, 0.29) is 0 Å². The number of alkyl halides is 6. The first-order chi connectivity index (χ1) is 17.1. The molecule has 2 aliphatic rings. The standard InChI is InChI=1S/C19H24N2OS.2C2HF3O2/c1-22-18-4-2-16(3-5-18)10-21-14-19(15-21)7-8-20(13-19)11-17-6-9-23-12-17;2*3-2(4,5)1(6)7/h2-6,9,12H,7-8,10-11,13-15H2,1H3;2*(H,6,7). The summed E-state index contributed by atoms with van der Waals surface area (Å²) in [5, 5.41) is 18.7. The van der Waals surface area contributed by atoms with Crippen LogP contribution >= 0.6 is 11.3 Å². The molecular weight excluding hydrogens is 530 g/mol. The molecule has 0 amide bonds. The first kappa shape index (κ1) is 30.4. The molecule has 37 heavy (non-hydrogen) atoms. The Morgan fingerprint density at radius 1 is 0.892 bits per heavy atom. The number of aliphatic carboxylic acids is 2. The van der Waals surface area contributed by atoms with Crippen molar-refractivity contribution < 1.29 is 50.9 Å². The average Bonchev–Trinajstić information content (AvgIpc) is 3.44. The number of benzene rings is 1. The SMILES string of the molecule is COc1ccc(CN2CC3(CCN(Cc4ccsc4)C3)C2)cc1.O=C(O)C(F)(F)F.O=C(O)C(F)(F)F. The number of rotatable bonds is 5. The van der Waals surface area contributed by atoms with Gasteiger partial charge in [0.2, 0.25) is 0 Å². The van der Waals surface area contributed by atoms with Crippen LogP contribution in [0.5, 0.6) is 5.75 Å². The number of carbonyl (C=O) groups is 2. The van der Waals surface area contributed by atoms with Crippen LogP contribution in [0, 0.1) is 5.41 Å². The molecule has 0 bridgehead atoms. The molecule has 1 aromatic carbocycles. The van der Waals surface area contributed by atoms with Gasteiger partial charge in [-0.3, -0.25) is 9.80 Å². The van der Waals surface area contributed by atoms with E-state index in [9.17, 15) is 26.3 Å². The minimum absolute atomic E-state index is 0.558. The van der Waals surface area contributed by atoms with Gasteiger partial charge in [-0.2, -0.15) is 37.7 Å². The van der Waals surface area contributed by atoms with E-state index in [1.165, 1.54) is 43.7 Å². The molecule has 1 spiro atoms. The summed E-state index contributed by atoms with van der Waals surface area (Å²) >= 11 is 1.80. The van der Waals surface area contributed by atoms with Gasteiger partial charge in [-0.1, -0.05) is 12.1 Å². The van der Waals surface area contributed by atoms with Crippen molar-refractivity contribution in [3.05, 3.63) is 52.2 Å². The zero-order valence-electron chi connectivity index (χ0n) is 19.7. The molecule has 2 aromatic rings. The topological polar surface area (TPSA) is 90.3 Å². The van der Waals surface area contributed by atoms with Gasteiger partial charge in [0, 0.05) is 38.1 Å². The largest absolute Gasteiger partial charge is 0.497 e. The number of methoxy groups -OCH3 is 1. The van der Waals surface area contributed by atoms with Gasteiger partial charge < -0.3 is 14.9 Å². The van der Waals surface area contributed by atoms with Gasteiger partial charge in [0.1, 0.15) is 5.75 Å². The maximum Gasteiger partial charge on any atom is 0.490 e. The van der Waals surface area contributed by atoms with Crippen LogP contribution in [-0.4, -0.2) is 77.6 Å². The van der Waals surface area contributed by atoms with Crippen molar-refractivity contribution in [2.75, 3.05) is 33.3 Å². The van der Waals surface area contributed by atoms with E-state index in [0.29, 0.717) is 5.41 Å². The van der Waals surface area contributed by atoms with E-state index in [4.69, 9.17) is 24.5 Å². The van der Waals surface area contributed by atoms with Gasteiger partial charge in [-0.25, -0.2) is 9.59 Å². The lowest BCUT2D eigenvalue weighted by atomic mass is 9.79. The predicted molar refractivity (Wildman–Crippen MR) is 122 cm³/mol. The lowest BCUT2D eigenvalue weighted by molar-refractivity contribution is -0.193. The summed E-state index contributed by atoms with van der Waals surface area (Å²) in [6.45, 7) is 7.21. The highest BCUT2D eigenvalue weighted by atomic mass is 32.1. The molecule has 14 heteroatoms. The Bertz CT molecular complexity index is 982. The molecule has 0 atom stereocenters. The Morgan fingerprint density at radius 3 is 1.81 bits per heavy atom. The number of halogens is 6. The minimum Gasteiger partial charge on any atom is -0.497 e. The fourth-order valence-electron chi connectivity index (χ4n) is 4.06. The zero-order valence-corrected chi connectivity index (χ0v) is 20.5. The van der Waals surface area contributed by atoms with Crippen LogP contribution in [0.2, 0.25) is 0 Å². The monoisotopic (exact) mass is 556 g/mol. The Hall–Kier alpha value is -2.84. The summed E-state index contributed by atoms with van der Waals surface area (Å²) in [6.07, 6.45) is -8.81. The van der Waals surface area contributed by atoms with E-state index in [1.807, 2.05) is 0 Å². The van der Waals surface area contributed by atoms with Crippen LogP contribution in [0.15, 0.2) is 41.1 Å². The van der Waals surface area contributed by atoms with E-state index in [1.54, 1.807) is 18.4 Å². The number of hydrogen-bond donors (Lipinski definition) is 2. The lowest BCUT2D eigenvalue weighted by Crippen LogP contribution is -2.56. The first-order valence-electron chi connectivity index (χ1n) is 10.8. The second-order valence-corrected chi connectivity index (χ2v) is 9.47. The molecule has 2 fully saturated rings. The van der Waals surface area contributed by atoms with Crippen molar-refractivity contribution in [1.82, 2.24) is 9.80 Å². The molecule has 4 rings (SSSR count). The highest BCUT2D eigenvalue weighted by Crippen LogP contribution is 2.40. The summed E-state index contributed by atoms with van der Waals surface area (Å²) in [7, 11) is 1.72. The predicted octanol–water partition coefficient (Wildman–Crippen LogP) is 4.73. The van der Waals surface area contributed by atoms with E-state index >= 15 is 0 Å². The third-order valence-corrected chi connectivity index (χ3v) is 6.40. The molecule has 2 aliphatic heterocycles. The van der Waals surface area contributed by atoms with Crippen molar-refractivity contribution in [3.63, 3.8) is 0 Å². The Balaban J connectivity index is 0.000000286. The summed E-state index contributed by atoms with van der Waals surface area (Å²) in [4.78, 5) is 23.0. The highest BCUT2D eigenvalue weighted by Gasteiger charge is 2.47. The molecule has 0 saturated carbocycles. The molecule has 7 nitrogen and oxygen atoms in total. The van der Waals surface area contributed by atoms with Gasteiger partial charge in [0.25, 0.3) is 0 Å². The molecule has 1 aromatic heterocycles. The summed E-state index contributed by atoms with van der Waals surface area (Å²) < 4.78 is 68.7. The first-order valence-corrected chi connectivity index (χ1v) is 11.8. The van der Waals surface area contributed by atoms with Gasteiger partial charge in [0.15, 0.2) is 0 Å². The smallest absolute Gasteiger partial charge is 0.490 e. The molecule has 0 radical (unpaired) electrons. The van der Waals surface area contributed by atoms with Gasteiger partial charge in [-0.15, -0.1) is 0 Å². The van der Waals surface area contributed by atoms with Crippen molar-refractivity contribution in [3.8, 4) is 5.75 Å². The van der Waals surface area contributed by atoms with Crippen molar-refractivity contribution in [2.24, 2.45) is 5.41 Å². The van der Waals surface area contributed by atoms with Gasteiger partial charge in [-0.05, 0) is 53.1 Å². The summed E-state index contributed by atoms with van der Waals surface area (Å²) in [5.41, 5.74) is 3.41. The quantitative estimate of drug-likeness (QED) is 0.515. The number of carboxylic acids is 2. The molecule has 2 saturated heterocycles. The van der Waals surface area contributed by atoms with E-state index in [0.717, 1.165) is 18.8 Å². The molecule has 206 valence electrons. The Labute approximate surface area is 212 Å². The fraction of sp³-hybridized carbons (Fsp3) is 0.478. The molecule has 0 unspecified atom stereocenters. The number of nitrogens with zero attached hydrogens (tertiary/aromatic N) is 2. The second-order valence-electron chi connectivity index (χ2n) is 8.69. The molecular formula is C23H26F6N2O5S. The Kier molecular flexibility index (Phi) is 10.4. The van der Waals surface area contributed by atoms with Gasteiger partial charge in [0.05, 0.1) is 7.11 Å². The molecule has 3 heterocycles. The van der Waals surface area contributed by atoms with E-state index < -0.39 is 24.3 Å². The summed E-state index contributed by atoms with van der Waals surface area (Å²) in [5.74, 6) is -4.58. The van der Waals surface area contributed by atoms with Gasteiger partial charge >= 0.3 is 24.3 Å². The number of hydrogen-bond acceptors (Lipinski definition) is 6.